The number of rotatable bonds is 9. The van der Waals surface area contributed by atoms with Crippen LogP contribution in [0.25, 0.3) is 0 Å². The van der Waals surface area contributed by atoms with Crippen LogP contribution in [-0.4, -0.2) is 9.85 Å². The minimum atomic E-state index is -0.343. The highest BCUT2D eigenvalue weighted by molar-refractivity contribution is 5.40. The third-order valence-electron chi connectivity index (χ3n) is 4.02. The number of nitro groups is 2. The predicted molar refractivity (Wildman–Crippen MR) is 92.1 cm³/mol. The number of nitro benzene ring substituents is 2. The smallest absolute Gasteiger partial charge is 0.258 e. The zero-order valence-corrected chi connectivity index (χ0v) is 13.4. The molecule has 0 fully saturated rings. The van der Waals surface area contributed by atoms with Crippen molar-refractivity contribution in [2.45, 2.75) is 38.5 Å². The van der Waals surface area contributed by atoms with Gasteiger partial charge in [0.2, 0.25) is 0 Å². The molecule has 0 aliphatic rings. The fraction of sp³-hybridized carbons (Fsp3) is 0.333. The molecule has 0 aliphatic carbocycles. The molecule has 0 atom stereocenters. The third-order valence-corrected chi connectivity index (χ3v) is 4.02. The fourth-order valence-electron chi connectivity index (χ4n) is 2.79. The molecule has 6 heteroatoms. The van der Waals surface area contributed by atoms with E-state index in [9.17, 15) is 20.2 Å². The van der Waals surface area contributed by atoms with E-state index < -0.39 is 0 Å². The van der Waals surface area contributed by atoms with Gasteiger partial charge in [-0.3, -0.25) is 20.2 Å². The number of benzene rings is 2. The van der Waals surface area contributed by atoms with E-state index in [2.05, 4.69) is 0 Å². The predicted octanol–water partition coefficient (Wildman–Crippen LogP) is 4.85. The Balaban J connectivity index is 1.75. The van der Waals surface area contributed by atoms with Gasteiger partial charge in [-0.05, 0) is 25.7 Å². The van der Waals surface area contributed by atoms with Gasteiger partial charge in [0.05, 0.1) is 9.85 Å². The molecule has 2 rings (SSSR count). The van der Waals surface area contributed by atoms with Crippen molar-refractivity contribution in [1.29, 1.82) is 0 Å². The van der Waals surface area contributed by atoms with Crippen molar-refractivity contribution in [2.75, 3.05) is 0 Å². The zero-order valence-electron chi connectivity index (χ0n) is 13.4. The Morgan fingerprint density at radius 1 is 0.625 bits per heavy atom. The Morgan fingerprint density at radius 2 is 1.00 bits per heavy atom. The summed E-state index contributed by atoms with van der Waals surface area (Å²) in [5.41, 5.74) is 1.89. The number of aryl methyl sites for hydroxylation is 2. The summed E-state index contributed by atoms with van der Waals surface area (Å²) in [5, 5.41) is 21.9. The van der Waals surface area contributed by atoms with Crippen LogP contribution >= 0.6 is 0 Å². The second-order valence-electron chi connectivity index (χ2n) is 5.69. The van der Waals surface area contributed by atoms with Crippen molar-refractivity contribution in [3.05, 3.63) is 79.9 Å². The summed E-state index contributed by atoms with van der Waals surface area (Å²) in [6, 6.07) is 13.6. The van der Waals surface area contributed by atoms with E-state index in [1.807, 2.05) is 12.1 Å². The molecule has 0 unspecified atom stereocenters. The first kappa shape index (κ1) is 17.6. The standard InChI is InChI=1S/C18H20N2O4/c21-19(22)17-13-7-5-11-15(17)9-3-1-2-4-10-16-12-6-8-14-18(16)20(23)24/h5-8,11-14H,1-4,9-10H2. The third kappa shape index (κ3) is 4.87. The van der Waals surface area contributed by atoms with Crippen LogP contribution in [-0.2, 0) is 12.8 Å². The Hall–Kier alpha value is -2.76. The van der Waals surface area contributed by atoms with E-state index in [1.54, 1.807) is 24.3 Å². The highest BCUT2D eigenvalue weighted by atomic mass is 16.6. The highest BCUT2D eigenvalue weighted by Gasteiger charge is 2.12. The van der Waals surface area contributed by atoms with E-state index in [0.29, 0.717) is 12.8 Å². The minimum Gasteiger partial charge on any atom is -0.258 e. The lowest BCUT2D eigenvalue weighted by atomic mass is 10.0. The maximum atomic E-state index is 11.0. The Labute approximate surface area is 140 Å². The Kier molecular flexibility index (Phi) is 6.42. The molecule has 0 saturated carbocycles. The van der Waals surface area contributed by atoms with E-state index in [0.717, 1.165) is 36.8 Å². The summed E-state index contributed by atoms with van der Waals surface area (Å²) in [6.07, 6.45) is 5.02. The first-order valence-electron chi connectivity index (χ1n) is 8.04. The van der Waals surface area contributed by atoms with Crippen molar-refractivity contribution in [3.63, 3.8) is 0 Å². The molecule has 0 radical (unpaired) electrons. The molecule has 0 amide bonds. The number of hydrogen-bond acceptors (Lipinski definition) is 4. The molecular formula is C18H20N2O4. The number of nitrogens with zero attached hydrogens (tertiary/aromatic N) is 2. The molecule has 0 aliphatic heterocycles. The van der Waals surface area contributed by atoms with E-state index in [4.69, 9.17) is 0 Å². The maximum absolute atomic E-state index is 11.0. The quantitative estimate of drug-likeness (QED) is 0.374. The van der Waals surface area contributed by atoms with Gasteiger partial charge >= 0.3 is 0 Å². The topological polar surface area (TPSA) is 86.3 Å². The van der Waals surface area contributed by atoms with Crippen molar-refractivity contribution in [3.8, 4) is 0 Å². The van der Waals surface area contributed by atoms with Gasteiger partial charge in [0.25, 0.3) is 11.4 Å². The van der Waals surface area contributed by atoms with Gasteiger partial charge in [0.15, 0.2) is 0 Å². The average molecular weight is 328 g/mol. The fourth-order valence-corrected chi connectivity index (χ4v) is 2.79. The number of unbranched alkanes of at least 4 members (excludes halogenated alkanes) is 3. The summed E-state index contributed by atoms with van der Waals surface area (Å²) >= 11 is 0. The molecule has 0 aromatic heterocycles. The van der Waals surface area contributed by atoms with Crippen LogP contribution in [0.4, 0.5) is 11.4 Å². The second-order valence-corrected chi connectivity index (χ2v) is 5.69. The van der Waals surface area contributed by atoms with Crippen molar-refractivity contribution >= 4 is 11.4 Å². The first-order chi connectivity index (χ1) is 11.6. The SMILES string of the molecule is O=[N+]([O-])c1ccccc1CCCCCCc1ccccc1[N+](=O)[O-]. The summed E-state index contributed by atoms with van der Waals surface area (Å²) < 4.78 is 0. The van der Waals surface area contributed by atoms with E-state index in [-0.39, 0.29) is 21.2 Å². The summed E-state index contributed by atoms with van der Waals surface area (Å²) in [7, 11) is 0. The lowest BCUT2D eigenvalue weighted by Crippen LogP contribution is -1.96. The highest BCUT2D eigenvalue weighted by Crippen LogP contribution is 2.22. The molecule has 0 spiro atoms. The largest absolute Gasteiger partial charge is 0.272 e. The van der Waals surface area contributed by atoms with Gasteiger partial charge in [-0.2, -0.15) is 0 Å². The van der Waals surface area contributed by atoms with Gasteiger partial charge in [0, 0.05) is 23.3 Å². The van der Waals surface area contributed by atoms with Crippen LogP contribution in [0.3, 0.4) is 0 Å². The Bertz CT molecular complexity index is 654. The van der Waals surface area contributed by atoms with Crippen LogP contribution < -0.4 is 0 Å². The lowest BCUT2D eigenvalue weighted by Gasteiger charge is -2.04. The average Bonchev–Trinajstić information content (AvgIpc) is 2.58. The second kappa shape index (κ2) is 8.76. The first-order valence-corrected chi connectivity index (χ1v) is 8.04. The maximum Gasteiger partial charge on any atom is 0.272 e. The van der Waals surface area contributed by atoms with Crippen molar-refractivity contribution in [2.24, 2.45) is 0 Å². The van der Waals surface area contributed by atoms with Gasteiger partial charge < -0.3 is 0 Å². The number of para-hydroxylation sites is 2. The van der Waals surface area contributed by atoms with Gasteiger partial charge in [-0.1, -0.05) is 49.2 Å². The molecule has 0 bridgehead atoms. The minimum absolute atomic E-state index is 0.178. The summed E-state index contributed by atoms with van der Waals surface area (Å²) in [5.74, 6) is 0. The molecule has 0 saturated heterocycles. The van der Waals surface area contributed by atoms with Crippen LogP contribution in [0.1, 0.15) is 36.8 Å². The summed E-state index contributed by atoms with van der Waals surface area (Å²) in [4.78, 5) is 21.2. The molecule has 2 aromatic carbocycles. The van der Waals surface area contributed by atoms with Crippen molar-refractivity contribution < 1.29 is 9.85 Å². The normalized spacial score (nSPS) is 10.5. The van der Waals surface area contributed by atoms with Crippen molar-refractivity contribution in [1.82, 2.24) is 0 Å². The molecule has 126 valence electrons. The molecule has 0 N–H and O–H groups in total. The lowest BCUT2D eigenvalue weighted by molar-refractivity contribution is -0.385. The van der Waals surface area contributed by atoms with E-state index in [1.165, 1.54) is 12.1 Å². The Morgan fingerprint density at radius 3 is 1.38 bits per heavy atom. The molecular weight excluding hydrogens is 308 g/mol. The molecule has 24 heavy (non-hydrogen) atoms. The van der Waals surface area contributed by atoms with Gasteiger partial charge in [0.1, 0.15) is 0 Å². The van der Waals surface area contributed by atoms with Crippen LogP contribution in [0.5, 0.6) is 0 Å². The van der Waals surface area contributed by atoms with E-state index >= 15 is 0 Å². The van der Waals surface area contributed by atoms with Crippen LogP contribution in [0, 0.1) is 20.2 Å². The zero-order chi connectivity index (χ0) is 17.4. The molecule has 0 heterocycles. The van der Waals surface area contributed by atoms with Gasteiger partial charge in [-0.15, -0.1) is 0 Å². The summed E-state index contributed by atoms with van der Waals surface area (Å²) in [6.45, 7) is 0. The van der Waals surface area contributed by atoms with Crippen LogP contribution in [0.2, 0.25) is 0 Å². The molecule has 6 nitrogen and oxygen atoms in total. The van der Waals surface area contributed by atoms with Gasteiger partial charge in [-0.25, -0.2) is 0 Å². The monoisotopic (exact) mass is 328 g/mol. The number of hydrogen-bond donors (Lipinski definition) is 0. The van der Waals surface area contributed by atoms with Crippen LogP contribution in [0.15, 0.2) is 48.5 Å². The molecule has 2 aromatic rings.